The number of ketones is 1. The molecule has 1 atom stereocenters. The van der Waals surface area contributed by atoms with E-state index in [-0.39, 0.29) is 11.3 Å². The zero-order valence-corrected chi connectivity index (χ0v) is 8.84. The lowest BCUT2D eigenvalue weighted by Gasteiger charge is -2.34. The average Bonchev–Trinajstić information content (AvgIpc) is 2.70. The Bertz CT molecular complexity index is 215. The first-order valence-corrected chi connectivity index (χ1v) is 5.55. The van der Waals surface area contributed by atoms with Crippen molar-refractivity contribution in [1.82, 2.24) is 5.32 Å². The van der Waals surface area contributed by atoms with Crippen LogP contribution in [-0.4, -0.2) is 32.1 Å². The molecule has 0 aromatic heterocycles. The van der Waals surface area contributed by atoms with Crippen molar-refractivity contribution < 1.29 is 9.53 Å². The van der Waals surface area contributed by atoms with E-state index in [2.05, 4.69) is 12.2 Å². The van der Waals surface area contributed by atoms with Gasteiger partial charge in [-0.15, -0.1) is 0 Å². The van der Waals surface area contributed by atoms with Crippen LogP contribution in [0.5, 0.6) is 0 Å². The summed E-state index contributed by atoms with van der Waals surface area (Å²) in [6, 6.07) is 0. The Balaban J connectivity index is 2.00. The van der Waals surface area contributed by atoms with Crippen LogP contribution in [0.4, 0.5) is 0 Å². The van der Waals surface area contributed by atoms with Gasteiger partial charge in [0.1, 0.15) is 5.78 Å². The van der Waals surface area contributed by atoms with Crippen molar-refractivity contribution >= 4 is 5.78 Å². The van der Waals surface area contributed by atoms with Crippen molar-refractivity contribution in [2.75, 3.05) is 26.3 Å². The number of Topliss-reactive ketones (excluding diaryl/α,β-unsaturated/α-hetero) is 1. The van der Waals surface area contributed by atoms with Gasteiger partial charge in [-0.2, -0.15) is 0 Å². The highest BCUT2D eigenvalue weighted by Crippen LogP contribution is 2.34. The minimum atomic E-state index is -0.0797. The van der Waals surface area contributed by atoms with Crippen LogP contribution in [0.2, 0.25) is 0 Å². The van der Waals surface area contributed by atoms with Gasteiger partial charge in [-0.1, -0.05) is 6.92 Å². The van der Waals surface area contributed by atoms with E-state index in [9.17, 15) is 4.79 Å². The first-order valence-electron chi connectivity index (χ1n) is 5.55. The molecule has 3 heteroatoms. The molecule has 2 saturated heterocycles. The SMILES string of the molecule is CC1(C(=O)C2CCOC2)CCNCC1. The molecule has 2 heterocycles. The summed E-state index contributed by atoms with van der Waals surface area (Å²) >= 11 is 0. The molecular weight excluding hydrogens is 178 g/mol. The van der Waals surface area contributed by atoms with Crippen LogP contribution in [0.1, 0.15) is 26.2 Å². The predicted molar refractivity (Wildman–Crippen MR) is 54.1 cm³/mol. The highest BCUT2D eigenvalue weighted by Gasteiger charge is 2.39. The maximum atomic E-state index is 12.2. The smallest absolute Gasteiger partial charge is 0.144 e. The molecule has 0 radical (unpaired) electrons. The highest BCUT2D eigenvalue weighted by atomic mass is 16.5. The van der Waals surface area contributed by atoms with Gasteiger partial charge in [0.2, 0.25) is 0 Å². The number of hydrogen-bond donors (Lipinski definition) is 1. The Morgan fingerprint density at radius 3 is 2.71 bits per heavy atom. The van der Waals surface area contributed by atoms with Crippen molar-refractivity contribution in [3.8, 4) is 0 Å². The summed E-state index contributed by atoms with van der Waals surface area (Å²) < 4.78 is 5.28. The van der Waals surface area contributed by atoms with Gasteiger partial charge in [0.05, 0.1) is 6.61 Å². The molecule has 1 unspecified atom stereocenters. The van der Waals surface area contributed by atoms with Crippen molar-refractivity contribution in [2.45, 2.75) is 26.2 Å². The predicted octanol–water partition coefficient (Wildman–Crippen LogP) is 0.982. The van der Waals surface area contributed by atoms with Gasteiger partial charge in [0.15, 0.2) is 0 Å². The topological polar surface area (TPSA) is 38.3 Å². The molecule has 3 nitrogen and oxygen atoms in total. The lowest BCUT2D eigenvalue weighted by atomic mass is 9.73. The average molecular weight is 197 g/mol. The van der Waals surface area contributed by atoms with Crippen LogP contribution < -0.4 is 5.32 Å². The lowest BCUT2D eigenvalue weighted by molar-refractivity contribution is -0.133. The Kier molecular flexibility index (Phi) is 2.88. The Labute approximate surface area is 85.2 Å². The Hall–Kier alpha value is -0.410. The fraction of sp³-hybridized carbons (Fsp3) is 0.909. The Morgan fingerprint density at radius 2 is 2.14 bits per heavy atom. The quantitative estimate of drug-likeness (QED) is 0.717. The molecule has 0 aromatic carbocycles. The molecule has 2 fully saturated rings. The molecule has 0 bridgehead atoms. The molecule has 2 aliphatic rings. The van der Waals surface area contributed by atoms with Crippen molar-refractivity contribution in [2.24, 2.45) is 11.3 Å². The third-order valence-corrected chi connectivity index (χ3v) is 3.60. The monoisotopic (exact) mass is 197 g/mol. The number of nitrogens with one attached hydrogen (secondary N) is 1. The van der Waals surface area contributed by atoms with Gasteiger partial charge in [0.25, 0.3) is 0 Å². The molecule has 80 valence electrons. The summed E-state index contributed by atoms with van der Waals surface area (Å²) in [5.41, 5.74) is -0.0797. The van der Waals surface area contributed by atoms with E-state index >= 15 is 0 Å². The second-order valence-corrected chi connectivity index (χ2v) is 4.74. The van der Waals surface area contributed by atoms with Gasteiger partial charge in [0, 0.05) is 17.9 Å². The number of rotatable bonds is 2. The number of carbonyl (C=O) groups is 1. The minimum Gasteiger partial charge on any atom is -0.381 e. The number of ether oxygens (including phenoxy) is 1. The number of carbonyl (C=O) groups excluding carboxylic acids is 1. The maximum absolute atomic E-state index is 12.2. The molecule has 0 aromatic rings. The van der Waals surface area contributed by atoms with Gasteiger partial charge in [-0.3, -0.25) is 4.79 Å². The zero-order valence-electron chi connectivity index (χ0n) is 8.84. The lowest BCUT2D eigenvalue weighted by Crippen LogP contribution is -2.42. The first-order chi connectivity index (χ1) is 6.72. The van der Waals surface area contributed by atoms with Gasteiger partial charge in [-0.25, -0.2) is 0 Å². The third kappa shape index (κ3) is 1.84. The molecule has 14 heavy (non-hydrogen) atoms. The van der Waals surface area contributed by atoms with Gasteiger partial charge >= 0.3 is 0 Å². The van der Waals surface area contributed by atoms with Crippen molar-refractivity contribution in [3.05, 3.63) is 0 Å². The zero-order chi connectivity index (χ0) is 10.0. The third-order valence-electron chi connectivity index (χ3n) is 3.60. The molecule has 1 N–H and O–H groups in total. The van der Waals surface area contributed by atoms with Crippen molar-refractivity contribution in [1.29, 1.82) is 0 Å². The van der Waals surface area contributed by atoms with E-state index in [0.29, 0.717) is 12.4 Å². The van der Waals surface area contributed by atoms with E-state index in [1.807, 2.05) is 0 Å². The summed E-state index contributed by atoms with van der Waals surface area (Å²) in [5.74, 6) is 0.620. The summed E-state index contributed by atoms with van der Waals surface area (Å²) in [7, 11) is 0. The van der Waals surface area contributed by atoms with Gasteiger partial charge in [-0.05, 0) is 32.4 Å². The van der Waals surface area contributed by atoms with Gasteiger partial charge < -0.3 is 10.1 Å². The standard InChI is InChI=1S/C11H19NO2/c1-11(3-5-12-6-4-11)10(13)9-2-7-14-8-9/h9,12H,2-8H2,1H3. The largest absolute Gasteiger partial charge is 0.381 e. The number of piperidine rings is 1. The fourth-order valence-corrected chi connectivity index (χ4v) is 2.46. The second-order valence-electron chi connectivity index (χ2n) is 4.74. The van der Waals surface area contributed by atoms with Crippen LogP contribution in [0.3, 0.4) is 0 Å². The minimum absolute atomic E-state index is 0.0797. The summed E-state index contributed by atoms with van der Waals surface area (Å²) in [5, 5.41) is 3.30. The van der Waals surface area contributed by atoms with Crippen molar-refractivity contribution in [3.63, 3.8) is 0 Å². The van der Waals surface area contributed by atoms with E-state index in [0.717, 1.165) is 39.0 Å². The fourth-order valence-electron chi connectivity index (χ4n) is 2.46. The molecule has 0 spiro atoms. The van der Waals surface area contributed by atoms with Crippen LogP contribution in [0.25, 0.3) is 0 Å². The summed E-state index contributed by atoms with van der Waals surface area (Å²) in [6.45, 7) is 5.51. The first kappa shape index (κ1) is 10.1. The van der Waals surface area contributed by atoms with E-state index in [1.54, 1.807) is 0 Å². The van der Waals surface area contributed by atoms with E-state index < -0.39 is 0 Å². The highest BCUT2D eigenvalue weighted by molar-refractivity contribution is 5.87. The normalized spacial score (nSPS) is 31.6. The number of hydrogen-bond acceptors (Lipinski definition) is 3. The van der Waals surface area contributed by atoms with Crippen LogP contribution in [0.15, 0.2) is 0 Å². The molecular formula is C11H19NO2. The summed E-state index contributed by atoms with van der Waals surface area (Å²) in [4.78, 5) is 12.2. The Morgan fingerprint density at radius 1 is 1.43 bits per heavy atom. The summed E-state index contributed by atoms with van der Waals surface area (Å²) in [6.07, 6.45) is 2.91. The van der Waals surface area contributed by atoms with Crippen LogP contribution in [0, 0.1) is 11.3 Å². The van der Waals surface area contributed by atoms with Crippen LogP contribution >= 0.6 is 0 Å². The molecule has 0 saturated carbocycles. The molecule has 0 amide bonds. The second kappa shape index (κ2) is 3.99. The van der Waals surface area contributed by atoms with E-state index in [1.165, 1.54) is 0 Å². The molecule has 2 rings (SSSR count). The molecule has 2 aliphatic heterocycles. The van der Waals surface area contributed by atoms with Crippen LogP contribution in [-0.2, 0) is 9.53 Å². The molecule has 0 aliphatic carbocycles. The maximum Gasteiger partial charge on any atom is 0.144 e. The van der Waals surface area contributed by atoms with E-state index in [4.69, 9.17) is 4.74 Å².